The lowest BCUT2D eigenvalue weighted by Crippen LogP contribution is -2.17. The summed E-state index contributed by atoms with van der Waals surface area (Å²) in [5.74, 6) is -2.07. The Balaban J connectivity index is 2.06. The largest absolute Gasteiger partial charge is 0.508 e. The second-order valence-corrected chi connectivity index (χ2v) is 3.88. The highest BCUT2D eigenvalue weighted by molar-refractivity contribution is 5.95. The quantitative estimate of drug-likeness (QED) is 0.668. The molecule has 102 valence electrons. The van der Waals surface area contributed by atoms with Gasteiger partial charge in [0.1, 0.15) is 17.4 Å². The molecule has 0 radical (unpaired) electrons. The summed E-state index contributed by atoms with van der Waals surface area (Å²) in [7, 11) is 0. The van der Waals surface area contributed by atoms with Crippen molar-refractivity contribution in [3.05, 3.63) is 65.2 Å². The zero-order chi connectivity index (χ0) is 14.5. The first-order chi connectivity index (χ1) is 9.58. The maximum absolute atomic E-state index is 13.3. The monoisotopic (exact) mass is 276 g/mol. The fourth-order valence-corrected chi connectivity index (χ4v) is 1.47. The van der Waals surface area contributed by atoms with Gasteiger partial charge in [-0.05, 0) is 36.4 Å². The van der Waals surface area contributed by atoms with E-state index in [1.54, 1.807) is 0 Å². The van der Waals surface area contributed by atoms with Crippen LogP contribution in [0.3, 0.4) is 0 Å². The van der Waals surface area contributed by atoms with Gasteiger partial charge in [0.15, 0.2) is 0 Å². The molecule has 6 heteroatoms. The van der Waals surface area contributed by atoms with Crippen LogP contribution in [0, 0.1) is 11.6 Å². The van der Waals surface area contributed by atoms with Gasteiger partial charge in [-0.3, -0.25) is 4.79 Å². The molecule has 2 N–H and O–H groups in total. The number of phenolic OH excluding ortho intramolecular Hbond substituents is 1. The predicted molar refractivity (Wildman–Crippen MR) is 69.5 cm³/mol. The molecule has 0 fully saturated rings. The Labute approximate surface area is 113 Å². The number of amides is 1. The number of benzene rings is 2. The molecule has 0 spiro atoms. The van der Waals surface area contributed by atoms with Crippen molar-refractivity contribution >= 4 is 12.1 Å². The van der Waals surface area contributed by atoms with Crippen LogP contribution in [0.1, 0.15) is 15.9 Å². The van der Waals surface area contributed by atoms with Crippen LogP contribution in [0.25, 0.3) is 0 Å². The van der Waals surface area contributed by atoms with Crippen molar-refractivity contribution in [3.63, 3.8) is 0 Å². The van der Waals surface area contributed by atoms with Crippen LogP contribution in [-0.2, 0) is 0 Å². The first kappa shape index (κ1) is 13.7. The third-order valence-corrected chi connectivity index (χ3v) is 2.49. The van der Waals surface area contributed by atoms with E-state index in [2.05, 4.69) is 10.5 Å². The Morgan fingerprint density at radius 2 is 1.70 bits per heavy atom. The van der Waals surface area contributed by atoms with Gasteiger partial charge in [0.25, 0.3) is 5.91 Å². The lowest BCUT2D eigenvalue weighted by atomic mass is 10.2. The number of halogens is 2. The molecular weight excluding hydrogens is 266 g/mol. The van der Waals surface area contributed by atoms with Crippen LogP contribution < -0.4 is 5.43 Å². The smallest absolute Gasteiger partial charge is 0.271 e. The van der Waals surface area contributed by atoms with E-state index in [0.717, 1.165) is 18.3 Å². The minimum atomic E-state index is -0.771. The summed E-state index contributed by atoms with van der Waals surface area (Å²) in [5.41, 5.74) is 2.06. The molecule has 2 aromatic rings. The molecule has 20 heavy (non-hydrogen) atoms. The van der Waals surface area contributed by atoms with E-state index in [4.69, 9.17) is 5.11 Å². The molecule has 1 amide bonds. The summed E-state index contributed by atoms with van der Waals surface area (Å²) in [6.45, 7) is 0. The maximum atomic E-state index is 13.3. The number of nitrogens with one attached hydrogen (secondary N) is 1. The average molecular weight is 276 g/mol. The lowest BCUT2D eigenvalue weighted by molar-refractivity contribution is 0.0955. The molecule has 0 bridgehead atoms. The Morgan fingerprint density at radius 1 is 1.10 bits per heavy atom. The summed E-state index contributed by atoms with van der Waals surface area (Å²) in [6.07, 6.45) is 0.892. The topological polar surface area (TPSA) is 61.7 Å². The molecule has 0 aromatic heterocycles. The Hall–Kier alpha value is -2.76. The lowest BCUT2D eigenvalue weighted by Gasteiger charge is -2.01. The molecular formula is C14H10F2N2O2. The molecule has 0 unspecified atom stereocenters. The van der Waals surface area contributed by atoms with Crippen molar-refractivity contribution in [2.24, 2.45) is 5.10 Å². The molecule has 0 saturated carbocycles. The standard InChI is InChI=1S/C14H10F2N2O2/c15-12-2-1-3-13(16)11(12)8-17-18-14(20)9-4-6-10(19)7-5-9/h1-8,19H,(H,18,20)/b17-8+. The number of hydrazone groups is 1. The molecule has 0 heterocycles. The molecule has 0 atom stereocenters. The maximum Gasteiger partial charge on any atom is 0.271 e. The molecule has 4 nitrogen and oxygen atoms in total. The minimum Gasteiger partial charge on any atom is -0.508 e. The molecule has 0 aliphatic rings. The van der Waals surface area contributed by atoms with E-state index < -0.39 is 17.5 Å². The van der Waals surface area contributed by atoms with Crippen LogP contribution in [0.5, 0.6) is 5.75 Å². The average Bonchev–Trinajstić information content (AvgIpc) is 2.42. The Morgan fingerprint density at radius 3 is 2.30 bits per heavy atom. The van der Waals surface area contributed by atoms with Crippen molar-refractivity contribution in [3.8, 4) is 5.75 Å². The van der Waals surface area contributed by atoms with Crippen molar-refractivity contribution < 1.29 is 18.7 Å². The first-order valence-corrected chi connectivity index (χ1v) is 5.64. The zero-order valence-electron chi connectivity index (χ0n) is 10.2. The molecule has 2 rings (SSSR count). The van der Waals surface area contributed by atoms with Crippen molar-refractivity contribution in [2.45, 2.75) is 0 Å². The number of nitrogens with zero attached hydrogens (tertiary/aromatic N) is 1. The van der Waals surface area contributed by atoms with E-state index >= 15 is 0 Å². The van der Waals surface area contributed by atoms with E-state index in [1.807, 2.05) is 0 Å². The molecule has 0 aliphatic carbocycles. The number of phenols is 1. The van der Waals surface area contributed by atoms with Gasteiger partial charge >= 0.3 is 0 Å². The normalized spacial score (nSPS) is 10.7. The summed E-state index contributed by atoms with van der Waals surface area (Å²) >= 11 is 0. The molecule has 0 saturated heterocycles. The van der Waals surface area contributed by atoms with Gasteiger partial charge in [-0.25, -0.2) is 14.2 Å². The summed E-state index contributed by atoms with van der Waals surface area (Å²) in [6, 6.07) is 8.88. The van der Waals surface area contributed by atoms with Gasteiger partial charge in [0.05, 0.1) is 11.8 Å². The summed E-state index contributed by atoms with van der Waals surface area (Å²) in [4.78, 5) is 11.6. The van der Waals surface area contributed by atoms with Gasteiger partial charge in [0.2, 0.25) is 0 Å². The highest BCUT2D eigenvalue weighted by Crippen LogP contribution is 2.10. The zero-order valence-corrected chi connectivity index (χ0v) is 10.2. The Bertz CT molecular complexity index is 634. The highest BCUT2D eigenvalue weighted by atomic mass is 19.1. The summed E-state index contributed by atoms with van der Waals surface area (Å²) < 4.78 is 26.5. The highest BCUT2D eigenvalue weighted by Gasteiger charge is 2.06. The summed E-state index contributed by atoms with van der Waals surface area (Å²) in [5, 5.41) is 12.6. The second-order valence-electron chi connectivity index (χ2n) is 3.88. The second kappa shape index (κ2) is 5.92. The van der Waals surface area contributed by atoms with E-state index in [1.165, 1.54) is 30.3 Å². The third-order valence-electron chi connectivity index (χ3n) is 2.49. The molecule has 0 aliphatic heterocycles. The van der Waals surface area contributed by atoms with Crippen LogP contribution in [0.4, 0.5) is 8.78 Å². The first-order valence-electron chi connectivity index (χ1n) is 5.64. The van der Waals surface area contributed by atoms with Gasteiger partial charge < -0.3 is 5.11 Å². The van der Waals surface area contributed by atoms with E-state index in [-0.39, 0.29) is 16.9 Å². The fraction of sp³-hybridized carbons (Fsp3) is 0. The number of carbonyl (C=O) groups excluding carboxylic acids is 1. The fourth-order valence-electron chi connectivity index (χ4n) is 1.47. The number of rotatable bonds is 3. The third kappa shape index (κ3) is 3.17. The number of hydrogen-bond acceptors (Lipinski definition) is 3. The van der Waals surface area contributed by atoms with Crippen LogP contribution >= 0.6 is 0 Å². The number of aromatic hydroxyl groups is 1. The predicted octanol–water partition coefficient (Wildman–Crippen LogP) is 2.43. The molecule has 2 aromatic carbocycles. The van der Waals surface area contributed by atoms with Gasteiger partial charge in [-0.1, -0.05) is 6.07 Å². The van der Waals surface area contributed by atoms with Gasteiger partial charge in [-0.15, -0.1) is 0 Å². The number of carbonyl (C=O) groups is 1. The van der Waals surface area contributed by atoms with Crippen LogP contribution in [0.15, 0.2) is 47.6 Å². The van der Waals surface area contributed by atoms with Crippen molar-refractivity contribution in [1.82, 2.24) is 5.43 Å². The van der Waals surface area contributed by atoms with Crippen LogP contribution in [-0.4, -0.2) is 17.2 Å². The van der Waals surface area contributed by atoms with Crippen molar-refractivity contribution in [1.29, 1.82) is 0 Å². The number of hydrogen-bond donors (Lipinski definition) is 2. The van der Waals surface area contributed by atoms with Gasteiger partial charge in [0, 0.05) is 5.56 Å². The van der Waals surface area contributed by atoms with E-state index in [0.29, 0.717) is 0 Å². The minimum absolute atomic E-state index is 0.0264. The van der Waals surface area contributed by atoms with Gasteiger partial charge in [-0.2, -0.15) is 5.10 Å². The van der Waals surface area contributed by atoms with E-state index in [9.17, 15) is 13.6 Å². The van der Waals surface area contributed by atoms with Crippen LogP contribution in [0.2, 0.25) is 0 Å². The Kier molecular flexibility index (Phi) is 4.05. The van der Waals surface area contributed by atoms with Crippen molar-refractivity contribution in [2.75, 3.05) is 0 Å². The SMILES string of the molecule is O=C(N/N=C/c1c(F)cccc1F)c1ccc(O)cc1.